The van der Waals surface area contributed by atoms with Crippen LogP contribution in [0.5, 0.6) is 0 Å². The highest BCUT2D eigenvalue weighted by Crippen LogP contribution is 2.30. The molecule has 1 aromatic heterocycles. The summed E-state index contributed by atoms with van der Waals surface area (Å²) in [5.41, 5.74) is 3.19. The van der Waals surface area contributed by atoms with Crippen LogP contribution in [0.15, 0.2) is 71.3 Å². The van der Waals surface area contributed by atoms with Gasteiger partial charge in [-0.2, -0.15) is 0 Å². The molecule has 2 nitrogen and oxygen atoms in total. The fourth-order valence-electron chi connectivity index (χ4n) is 2.34. The van der Waals surface area contributed by atoms with E-state index in [1.165, 1.54) is 0 Å². The average Bonchev–Trinajstić information content (AvgIpc) is 3.04. The fourth-order valence-corrected chi connectivity index (χ4v) is 2.51. The molecular weight excluding hydrogens is 282 g/mol. The summed E-state index contributed by atoms with van der Waals surface area (Å²) in [7, 11) is 0. The van der Waals surface area contributed by atoms with Crippen LogP contribution in [0.3, 0.4) is 0 Å². The first-order valence-electron chi connectivity index (χ1n) is 6.85. The Morgan fingerprint density at radius 2 is 1.76 bits per heavy atom. The van der Waals surface area contributed by atoms with E-state index in [0.717, 1.165) is 27.6 Å². The van der Waals surface area contributed by atoms with Crippen molar-refractivity contribution in [1.82, 2.24) is 0 Å². The Morgan fingerprint density at radius 1 is 0.952 bits per heavy atom. The second-order valence-corrected chi connectivity index (χ2v) is 5.32. The predicted octanol–water partition coefficient (Wildman–Crippen LogP) is 5.44. The van der Waals surface area contributed by atoms with Crippen molar-refractivity contribution in [3.8, 4) is 0 Å². The topological polar surface area (TPSA) is 25.2 Å². The van der Waals surface area contributed by atoms with Gasteiger partial charge in [-0.05, 0) is 42.3 Å². The van der Waals surface area contributed by atoms with E-state index in [9.17, 15) is 0 Å². The number of benzene rings is 2. The molecule has 2 aromatic carbocycles. The smallest absolute Gasteiger partial charge is 0.130 e. The van der Waals surface area contributed by atoms with E-state index in [2.05, 4.69) is 17.4 Å². The first-order chi connectivity index (χ1) is 10.3. The SMILES string of the molecule is Cc1c(Cl)cccc1NC(c1ccccc1)c1ccco1. The van der Waals surface area contributed by atoms with Crippen molar-refractivity contribution in [3.05, 3.63) is 88.8 Å². The largest absolute Gasteiger partial charge is 0.467 e. The zero-order valence-corrected chi connectivity index (χ0v) is 12.5. The number of hydrogen-bond acceptors (Lipinski definition) is 2. The first-order valence-corrected chi connectivity index (χ1v) is 7.23. The van der Waals surface area contributed by atoms with Gasteiger partial charge in [-0.15, -0.1) is 0 Å². The Morgan fingerprint density at radius 3 is 2.48 bits per heavy atom. The monoisotopic (exact) mass is 297 g/mol. The number of furan rings is 1. The summed E-state index contributed by atoms with van der Waals surface area (Å²) < 4.78 is 5.60. The van der Waals surface area contributed by atoms with Gasteiger partial charge in [0.25, 0.3) is 0 Å². The number of nitrogens with one attached hydrogen (secondary N) is 1. The summed E-state index contributed by atoms with van der Waals surface area (Å²) in [6.07, 6.45) is 1.69. The second-order valence-electron chi connectivity index (χ2n) is 4.92. The minimum absolute atomic E-state index is 0.0432. The van der Waals surface area contributed by atoms with E-state index in [1.807, 2.05) is 55.5 Å². The zero-order valence-electron chi connectivity index (χ0n) is 11.7. The highest BCUT2D eigenvalue weighted by Gasteiger charge is 2.17. The van der Waals surface area contributed by atoms with Crippen LogP contribution in [-0.4, -0.2) is 0 Å². The van der Waals surface area contributed by atoms with Crippen molar-refractivity contribution in [2.24, 2.45) is 0 Å². The van der Waals surface area contributed by atoms with Crippen LogP contribution in [0.1, 0.15) is 22.9 Å². The standard InChI is InChI=1S/C18H16ClNO/c1-13-15(19)9-5-10-16(13)20-18(17-11-6-12-21-17)14-7-3-2-4-8-14/h2-12,18,20H,1H3. The van der Waals surface area contributed by atoms with Gasteiger partial charge in [0.05, 0.1) is 6.26 Å². The minimum atomic E-state index is -0.0432. The average molecular weight is 298 g/mol. The molecule has 1 atom stereocenters. The molecule has 0 fully saturated rings. The van der Waals surface area contributed by atoms with E-state index in [1.54, 1.807) is 6.26 Å². The Hall–Kier alpha value is -2.19. The van der Waals surface area contributed by atoms with Crippen LogP contribution in [0.2, 0.25) is 5.02 Å². The Bertz CT molecular complexity index is 707. The molecule has 0 spiro atoms. The summed E-state index contributed by atoms with van der Waals surface area (Å²) >= 11 is 6.20. The highest BCUT2D eigenvalue weighted by atomic mass is 35.5. The van der Waals surface area contributed by atoms with Crippen LogP contribution in [0, 0.1) is 6.92 Å². The molecular formula is C18H16ClNO. The van der Waals surface area contributed by atoms with Crippen LogP contribution in [0.25, 0.3) is 0 Å². The molecule has 0 saturated carbocycles. The molecule has 3 rings (SSSR count). The van der Waals surface area contributed by atoms with Crippen molar-refractivity contribution < 1.29 is 4.42 Å². The van der Waals surface area contributed by atoms with Gasteiger partial charge in [-0.3, -0.25) is 0 Å². The van der Waals surface area contributed by atoms with Gasteiger partial charge >= 0.3 is 0 Å². The van der Waals surface area contributed by atoms with Crippen molar-refractivity contribution in [2.75, 3.05) is 5.32 Å². The minimum Gasteiger partial charge on any atom is -0.467 e. The predicted molar refractivity (Wildman–Crippen MR) is 86.8 cm³/mol. The summed E-state index contributed by atoms with van der Waals surface area (Å²) in [6.45, 7) is 2.01. The van der Waals surface area contributed by atoms with Crippen molar-refractivity contribution >= 4 is 17.3 Å². The van der Waals surface area contributed by atoms with Gasteiger partial charge in [-0.25, -0.2) is 0 Å². The van der Waals surface area contributed by atoms with Gasteiger partial charge in [0.2, 0.25) is 0 Å². The molecule has 3 aromatic rings. The van der Waals surface area contributed by atoms with Gasteiger partial charge < -0.3 is 9.73 Å². The zero-order chi connectivity index (χ0) is 14.7. The summed E-state index contributed by atoms with van der Waals surface area (Å²) in [6, 6.07) is 19.9. The lowest BCUT2D eigenvalue weighted by atomic mass is 10.0. The third-order valence-electron chi connectivity index (χ3n) is 3.53. The maximum absolute atomic E-state index is 6.20. The quantitative estimate of drug-likeness (QED) is 0.693. The molecule has 0 amide bonds. The first kappa shape index (κ1) is 13.8. The number of hydrogen-bond donors (Lipinski definition) is 1. The highest BCUT2D eigenvalue weighted by molar-refractivity contribution is 6.31. The Kier molecular flexibility index (Phi) is 3.98. The van der Waals surface area contributed by atoms with Crippen molar-refractivity contribution in [1.29, 1.82) is 0 Å². The van der Waals surface area contributed by atoms with Gasteiger partial charge in [-0.1, -0.05) is 48.0 Å². The molecule has 0 saturated heterocycles. The molecule has 0 aliphatic heterocycles. The number of anilines is 1. The number of rotatable bonds is 4. The van der Waals surface area contributed by atoms with Crippen LogP contribution in [0.4, 0.5) is 5.69 Å². The van der Waals surface area contributed by atoms with E-state index < -0.39 is 0 Å². The molecule has 3 heteroatoms. The van der Waals surface area contributed by atoms with Crippen molar-refractivity contribution in [3.63, 3.8) is 0 Å². The summed E-state index contributed by atoms with van der Waals surface area (Å²) in [5, 5.41) is 4.28. The second kappa shape index (κ2) is 6.06. The van der Waals surface area contributed by atoms with Gasteiger partial charge in [0.1, 0.15) is 11.8 Å². The van der Waals surface area contributed by atoms with Crippen LogP contribution in [-0.2, 0) is 0 Å². The fraction of sp³-hybridized carbons (Fsp3) is 0.111. The third kappa shape index (κ3) is 2.96. The molecule has 1 heterocycles. The molecule has 106 valence electrons. The lowest BCUT2D eigenvalue weighted by Crippen LogP contribution is -2.12. The van der Waals surface area contributed by atoms with E-state index in [-0.39, 0.29) is 6.04 Å². The van der Waals surface area contributed by atoms with Gasteiger partial charge in [0, 0.05) is 10.7 Å². The summed E-state index contributed by atoms with van der Waals surface area (Å²) in [5.74, 6) is 0.876. The van der Waals surface area contributed by atoms with E-state index in [0.29, 0.717) is 0 Å². The third-order valence-corrected chi connectivity index (χ3v) is 3.94. The van der Waals surface area contributed by atoms with E-state index in [4.69, 9.17) is 16.0 Å². The lowest BCUT2D eigenvalue weighted by Gasteiger charge is -2.20. The van der Waals surface area contributed by atoms with Gasteiger partial charge in [0.15, 0.2) is 0 Å². The molecule has 0 aliphatic rings. The lowest BCUT2D eigenvalue weighted by molar-refractivity contribution is 0.499. The molecule has 21 heavy (non-hydrogen) atoms. The van der Waals surface area contributed by atoms with E-state index >= 15 is 0 Å². The molecule has 1 unspecified atom stereocenters. The normalized spacial score (nSPS) is 12.1. The van der Waals surface area contributed by atoms with Crippen molar-refractivity contribution in [2.45, 2.75) is 13.0 Å². The van der Waals surface area contributed by atoms with Crippen LogP contribution < -0.4 is 5.32 Å². The summed E-state index contributed by atoms with van der Waals surface area (Å²) in [4.78, 5) is 0. The molecule has 0 bridgehead atoms. The maximum Gasteiger partial charge on any atom is 0.130 e. The Balaban J connectivity index is 1.99. The van der Waals surface area contributed by atoms with Crippen LogP contribution >= 0.6 is 11.6 Å². The Labute approximate surface area is 129 Å². The molecule has 1 N–H and O–H groups in total. The molecule has 0 aliphatic carbocycles. The molecule has 0 radical (unpaired) electrons. The maximum atomic E-state index is 6.20. The number of halogens is 1.